The largest absolute Gasteiger partial charge is 0.496 e. The Balaban J connectivity index is 1.90. The van der Waals surface area contributed by atoms with Gasteiger partial charge in [0, 0.05) is 34.6 Å². The monoisotopic (exact) mass is 352 g/mol. The predicted octanol–water partition coefficient (Wildman–Crippen LogP) is 4.75. The molecule has 0 bridgehead atoms. The van der Waals surface area contributed by atoms with E-state index in [1.54, 1.807) is 25.4 Å². The van der Waals surface area contributed by atoms with Gasteiger partial charge in [-0.05, 0) is 24.3 Å². The van der Waals surface area contributed by atoms with E-state index < -0.39 is 0 Å². The van der Waals surface area contributed by atoms with Crippen molar-refractivity contribution in [3.8, 4) is 17.0 Å². The van der Waals surface area contributed by atoms with E-state index in [1.807, 2.05) is 48.5 Å². The molecule has 4 nitrogen and oxygen atoms in total. The maximum atomic E-state index is 12.8. The molecular formula is C20H17ClN2O2. The molecule has 0 fully saturated rings. The van der Waals surface area contributed by atoms with E-state index in [1.165, 1.54) is 0 Å². The number of pyridine rings is 1. The normalized spacial score (nSPS) is 10.3. The molecule has 1 amide bonds. The second kappa shape index (κ2) is 7.81. The van der Waals surface area contributed by atoms with E-state index in [9.17, 15) is 4.79 Å². The lowest BCUT2D eigenvalue weighted by atomic mass is 10.0. The molecular weight excluding hydrogens is 336 g/mol. The lowest BCUT2D eigenvalue weighted by Crippen LogP contribution is -2.13. The highest BCUT2D eigenvalue weighted by Crippen LogP contribution is 2.26. The zero-order valence-electron chi connectivity index (χ0n) is 13.7. The smallest absolute Gasteiger partial charge is 0.256 e. The van der Waals surface area contributed by atoms with Crippen LogP contribution in [0.25, 0.3) is 11.3 Å². The average Bonchev–Trinajstić information content (AvgIpc) is 2.68. The number of hydrogen-bond acceptors (Lipinski definition) is 3. The lowest BCUT2D eigenvalue weighted by molar-refractivity contribution is 0.102. The maximum Gasteiger partial charge on any atom is 0.256 e. The fourth-order valence-corrected chi connectivity index (χ4v) is 2.78. The van der Waals surface area contributed by atoms with Crippen molar-refractivity contribution < 1.29 is 9.53 Å². The molecule has 3 aromatic rings. The van der Waals surface area contributed by atoms with Gasteiger partial charge in [-0.1, -0.05) is 30.3 Å². The minimum Gasteiger partial charge on any atom is -0.496 e. The van der Waals surface area contributed by atoms with Crippen molar-refractivity contribution in [2.45, 2.75) is 5.88 Å². The highest BCUT2D eigenvalue weighted by molar-refractivity contribution is 6.17. The van der Waals surface area contributed by atoms with Crippen molar-refractivity contribution in [3.63, 3.8) is 0 Å². The lowest BCUT2D eigenvalue weighted by Gasteiger charge is -2.12. The predicted molar refractivity (Wildman–Crippen MR) is 100 cm³/mol. The van der Waals surface area contributed by atoms with Crippen LogP contribution in [0.2, 0.25) is 0 Å². The topological polar surface area (TPSA) is 51.2 Å². The first-order chi connectivity index (χ1) is 12.2. The highest BCUT2D eigenvalue weighted by Gasteiger charge is 2.14. The average molecular weight is 353 g/mol. The summed E-state index contributed by atoms with van der Waals surface area (Å²) in [4.78, 5) is 17.1. The molecule has 1 N–H and O–H groups in total. The Bertz CT molecular complexity index is 882. The van der Waals surface area contributed by atoms with Gasteiger partial charge in [-0.3, -0.25) is 9.78 Å². The number of carbonyl (C=O) groups excluding carboxylic acids is 1. The zero-order valence-corrected chi connectivity index (χ0v) is 14.5. The number of nitrogens with one attached hydrogen (secondary N) is 1. The third kappa shape index (κ3) is 3.80. The second-order valence-electron chi connectivity index (χ2n) is 5.37. The van der Waals surface area contributed by atoms with Gasteiger partial charge in [0.05, 0.1) is 18.7 Å². The van der Waals surface area contributed by atoms with E-state index >= 15 is 0 Å². The minimum atomic E-state index is -0.207. The molecule has 126 valence electrons. The van der Waals surface area contributed by atoms with E-state index in [-0.39, 0.29) is 5.91 Å². The standard InChI is InChI=1S/C20H17ClN2O2/c1-25-19-12-15(10-9-14(19)13-21)23-20(24)17-7-3-2-6-16(17)18-8-4-5-11-22-18/h2-12H,13H2,1H3,(H,23,24). The van der Waals surface area contributed by atoms with Crippen LogP contribution in [0.4, 0.5) is 5.69 Å². The molecule has 1 aromatic heterocycles. The first-order valence-corrected chi connectivity index (χ1v) is 8.31. The molecule has 0 spiro atoms. The van der Waals surface area contributed by atoms with Gasteiger partial charge in [-0.15, -0.1) is 11.6 Å². The van der Waals surface area contributed by atoms with Crippen molar-refractivity contribution in [1.29, 1.82) is 0 Å². The summed E-state index contributed by atoms with van der Waals surface area (Å²) in [6.07, 6.45) is 1.71. The fourth-order valence-electron chi connectivity index (χ4n) is 2.56. The van der Waals surface area contributed by atoms with Crippen LogP contribution in [0, 0.1) is 0 Å². The van der Waals surface area contributed by atoms with E-state index in [2.05, 4.69) is 10.3 Å². The Kier molecular flexibility index (Phi) is 5.31. The van der Waals surface area contributed by atoms with Gasteiger partial charge in [0.1, 0.15) is 5.75 Å². The van der Waals surface area contributed by atoms with Gasteiger partial charge in [0.15, 0.2) is 0 Å². The summed E-state index contributed by atoms with van der Waals surface area (Å²) < 4.78 is 5.31. The summed E-state index contributed by atoms with van der Waals surface area (Å²) in [7, 11) is 1.58. The summed E-state index contributed by atoms with van der Waals surface area (Å²) in [5.41, 5.74) is 3.61. The summed E-state index contributed by atoms with van der Waals surface area (Å²) >= 11 is 5.88. The molecule has 0 aliphatic heterocycles. The quantitative estimate of drug-likeness (QED) is 0.674. The van der Waals surface area contributed by atoms with Gasteiger partial charge in [0.2, 0.25) is 0 Å². The molecule has 5 heteroatoms. The second-order valence-corrected chi connectivity index (χ2v) is 5.64. The number of carbonyl (C=O) groups is 1. The summed E-state index contributed by atoms with van der Waals surface area (Å²) in [6.45, 7) is 0. The molecule has 0 saturated carbocycles. The van der Waals surface area contributed by atoms with Gasteiger partial charge in [-0.25, -0.2) is 0 Å². The number of amides is 1. The number of aromatic nitrogens is 1. The third-order valence-corrected chi connectivity index (χ3v) is 4.09. The van der Waals surface area contributed by atoms with Crippen LogP contribution in [0.3, 0.4) is 0 Å². The molecule has 25 heavy (non-hydrogen) atoms. The zero-order chi connectivity index (χ0) is 17.6. The first kappa shape index (κ1) is 17.0. The Hall–Kier alpha value is -2.85. The third-order valence-electron chi connectivity index (χ3n) is 3.80. The van der Waals surface area contributed by atoms with Crippen LogP contribution in [-0.4, -0.2) is 18.0 Å². The molecule has 3 rings (SSSR count). The Labute approximate surface area is 151 Å². The molecule has 2 aromatic carbocycles. The fraction of sp³-hybridized carbons (Fsp3) is 0.100. The molecule has 0 atom stereocenters. The van der Waals surface area contributed by atoms with Crippen molar-refractivity contribution in [2.75, 3.05) is 12.4 Å². The number of nitrogens with zero attached hydrogens (tertiary/aromatic N) is 1. The molecule has 0 unspecified atom stereocenters. The first-order valence-electron chi connectivity index (χ1n) is 7.77. The van der Waals surface area contributed by atoms with Crippen molar-refractivity contribution in [1.82, 2.24) is 4.98 Å². The van der Waals surface area contributed by atoms with Gasteiger partial charge < -0.3 is 10.1 Å². The molecule has 0 aliphatic rings. The Morgan fingerprint density at radius 1 is 1.12 bits per heavy atom. The number of hydrogen-bond donors (Lipinski definition) is 1. The van der Waals surface area contributed by atoms with Crippen molar-refractivity contribution >= 4 is 23.2 Å². The van der Waals surface area contributed by atoms with Crippen LogP contribution in [0.5, 0.6) is 5.75 Å². The molecule has 0 radical (unpaired) electrons. The summed E-state index contributed by atoms with van der Waals surface area (Å²) in [5, 5.41) is 2.90. The molecule has 0 aliphatic carbocycles. The summed E-state index contributed by atoms with van der Waals surface area (Å²) in [6, 6.07) is 18.4. The van der Waals surface area contributed by atoms with Gasteiger partial charge >= 0.3 is 0 Å². The Morgan fingerprint density at radius 3 is 2.64 bits per heavy atom. The molecule has 1 heterocycles. The number of anilines is 1. The summed E-state index contributed by atoms with van der Waals surface area (Å²) in [5.74, 6) is 0.785. The van der Waals surface area contributed by atoms with Crippen LogP contribution in [0.1, 0.15) is 15.9 Å². The van der Waals surface area contributed by atoms with Crippen molar-refractivity contribution in [2.24, 2.45) is 0 Å². The number of methoxy groups -OCH3 is 1. The number of ether oxygens (including phenoxy) is 1. The van der Waals surface area contributed by atoms with E-state index in [0.29, 0.717) is 22.9 Å². The number of alkyl halides is 1. The minimum absolute atomic E-state index is 0.207. The highest BCUT2D eigenvalue weighted by atomic mass is 35.5. The number of benzene rings is 2. The number of rotatable bonds is 5. The molecule has 0 saturated heterocycles. The van der Waals surface area contributed by atoms with E-state index in [0.717, 1.165) is 16.8 Å². The van der Waals surface area contributed by atoms with E-state index in [4.69, 9.17) is 16.3 Å². The SMILES string of the molecule is COc1cc(NC(=O)c2ccccc2-c2ccccn2)ccc1CCl. The Morgan fingerprint density at radius 2 is 1.92 bits per heavy atom. The van der Waals surface area contributed by atoms with Crippen molar-refractivity contribution in [3.05, 3.63) is 78.0 Å². The van der Waals surface area contributed by atoms with Gasteiger partial charge in [-0.2, -0.15) is 0 Å². The maximum absolute atomic E-state index is 12.8. The van der Waals surface area contributed by atoms with Crippen LogP contribution >= 0.6 is 11.6 Å². The van der Waals surface area contributed by atoms with Gasteiger partial charge in [0.25, 0.3) is 5.91 Å². The van der Waals surface area contributed by atoms with Crippen LogP contribution in [-0.2, 0) is 5.88 Å². The van der Waals surface area contributed by atoms with Crippen LogP contribution in [0.15, 0.2) is 66.9 Å². The number of halogens is 1. The van der Waals surface area contributed by atoms with Crippen LogP contribution < -0.4 is 10.1 Å².